The molecule has 2 bridgehead atoms. The number of fused-ring (bicyclic) bond motifs is 2. The van der Waals surface area contributed by atoms with Crippen LogP contribution < -0.4 is 4.74 Å². The molecule has 150 valence electrons. The lowest BCUT2D eigenvalue weighted by atomic mass is 10.1. The highest BCUT2D eigenvalue weighted by Gasteiger charge is 2.45. The van der Waals surface area contributed by atoms with E-state index in [4.69, 9.17) is 4.74 Å². The van der Waals surface area contributed by atoms with E-state index >= 15 is 0 Å². The molecule has 4 rings (SSSR count). The summed E-state index contributed by atoms with van der Waals surface area (Å²) in [4.78, 5) is 21.5. The molecule has 1 aromatic carbocycles. The van der Waals surface area contributed by atoms with Gasteiger partial charge in [0.1, 0.15) is 17.9 Å². The average Bonchev–Trinajstić information content (AvgIpc) is 3.34. The fourth-order valence-corrected chi connectivity index (χ4v) is 4.30. The molecule has 7 heteroatoms. The zero-order chi connectivity index (χ0) is 19.9. The molecule has 0 unspecified atom stereocenters. The maximum absolute atomic E-state index is 12.7. The van der Waals surface area contributed by atoms with Gasteiger partial charge in [-0.1, -0.05) is 12.1 Å². The molecule has 0 aliphatic carbocycles. The molecule has 0 radical (unpaired) electrons. The summed E-state index contributed by atoms with van der Waals surface area (Å²) >= 11 is 0. The number of piperazine rings is 1. The summed E-state index contributed by atoms with van der Waals surface area (Å²) in [5.74, 6) is 1.81. The van der Waals surface area contributed by atoms with Gasteiger partial charge in [0.25, 0.3) is 5.91 Å². The second-order valence-corrected chi connectivity index (χ2v) is 8.88. The summed E-state index contributed by atoms with van der Waals surface area (Å²) in [5, 5.41) is 4.39. The van der Waals surface area contributed by atoms with Crippen LogP contribution in [0.3, 0.4) is 0 Å². The minimum atomic E-state index is -0.0836. The van der Waals surface area contributed by atoms with Crippen LogP contribution in [-0.4, -0.2) is 62.3 Å². The first-order valence-electron chi connectivity index (χ1n) is 9.93. The van der Waals surface area contributed by atoms with E-state index in [1.165, 1.54) is 0 Å². The van der Waals surface area contributed by atoms with E-state index in [0.717, 1.165) is 43.2 Å². The Hall–Kier alpha value is -2.41. The molecule has 2 aromatic rings. The Bertz CT molecular complexity index is 856. The van der Waals surface area contributed by atoms with Crippen LogP contribution in [-0.2, 0) is 16.9 Å². The Balaban J connectivity index is 1.33. The Kier molecular flexibility index (Phi) is 4.87. The second-order valence-electron chi connectivity index (χ2n) is 8.88. The number of ether oxygens (including phenoxy) is 1. The number of carbonyl (C=O) groups is 1. The highest BCUT2D eigenvalue weighted by Crippen LogP contribution is 2.32. The maximum Gasteiger partial charge on any atom is 0.260 e. The number of nitrogens with zero attached hydrogens (tertiary/aromatic N) is 5. The lowest BCUT2D eigenvalue weighted by Crippen LogP contribution is -2.50. The number of amides is 1. The molecule has 2 atom stereocenters. The summed E-state index contributed by atoms with van der Waals surface area (Å²) in [6.07, 6.45) is 2.66. The van der Waals surface area contributed by atoms with Crippen molar-refractivity contribution in [1.29, 1.82) is 0 Å². The van der Waals surface area contributed by atoms with Gasteiger partial charge in [0, 0.05) is 25.2 Å². The van der Waals surface area contributed by atoms with Crippen molar-refractivity contribution in [2.75, 3.05) is 19.7 Å². The number of carbonyl (C=O) groups excluding carboxylic acids is 1. The number of benzene rings is 1. The Morgan fingerprint density at radius 1 is 1.25 bits per heavy atom. The first kappa shape index (κ1) is 18.9. The zero-order valence-corrected chi connectivity index (χ0v) is 17.1. The standard InChI is InChI=1S/C21H29N5O2/c1-15-6-5-7-18(8-15)28-13-20(27)25-11-16-9-17(25)10-24(16)12-19-22-14-23-26(19)21(2,3)4/h5-8,14,16-17H,9-13H2,1-4H3/t16-,17-/m0/s1. The Morgan fingerprint density at radius 2 is 2.07 bits per heavy atom. The molecular formula is C21H29N5O2. The summed E-state index contributed by atoms with van der Waals surface area (Å²) in [6, 6.07) is 8.47. The third-order valence-corrected chi connectivity index (χ3v) is 5.62. The van der Waals surface area contributed by atoms with E-state index in [1.54, 1.807) is 6.33 Å². The Labute approximate surface area is 166 Å². The van der Waals surface area contributed by atoms with Crippen molar-refractivity contribution in [2.45, 2.75) is 58.3 Å². The van der Waals surface area contributed by atoms with E-state index < -0.39 is 0 Å². The quantitative estimate of drug-likeness (QED) is 0.792. The topological polar surface area (TPSA) is 63.5 Å². The van der Waals surface area contributed by atoms with Gasteiger partial charge < -0.3 is 9.64 Å². The van der Waals surface area contributed by atoms with E-state index in [1.807, 2.05) is 40.8 Å². The molecule has 7 nitrogen and oxygen atoms in total. The van der Waals surface area contributed by atoms with Crippen molar-refractivity contribution in [3.8, 4) is 5.75 Å². The Morgan fingerprint density at radius 3 is 2.75 bits per heavy atom. The number of aryl methyl sites for hydroxylation is 1. The van der Waals surface area contributed by atoms with Crippen LogP contribution in [0.4, 0.5) is 0 Å². The monoisotopic (exact) mass is 383 g/mol. The van der Waals surface area contributed by atoms with Gasteiger partial charge >= 0.3 is 0 Å². The SMILES string of the molecule is Cc1cccc(OCC(=O)N2C[C@@H]3C[C@H]2CN3Cc2ncnn2C(C)(C)C)c1. The van der Waals surface area contributed by atoms with Crippen molar-refractivity contribution in [3.63, 3.8) is 0 Å². The molecule has 2 fully saturated rings. The molecule has 2 saturated heterocycles. The maximum atomic E-state index is 12.7. The first-order chi connectivity index (χ1) is 13.3. The van der Waals surface area contributed by atoms with Gasteiger partial charge in [-0.05, 0) is 51.8 Å². The van der Waals surface area contributed by atoms with Crippen LogP contribution in [0.2, 0.25) is 0 Å². The molecule has 3 heterocycles. The van der Waals surface area contributed by atoms with Gasteiger partial charge in [0.15, 0.2) is 6.61 Å². The number of aromatic nitrogens is 3. The van der Waals surface area contributed by atoms with Crippen molar-refractivity contribution in [1.82, 2.24) is 24.6 Å². The van der Waals surface area contributed by atoms with Crippen molar-refractivity contribution in [3.05, 3.63) is 42.0 Å². The lowest BCUT2D eigenvalue weighted by Gasteiger charge is -2.34. The van der Waals surface area contributed by atoms with E-state index in [2.05, 4.69) is 35.8 Å². The number of hydrogen-bond acceptors (Lipinski definition) is 5. The normalized spacial score (nSPS) is 22.1. The largest absolute Gasteiger partial charge is 0.484 e. The predicted molar refractivity (Wildman–Crippen MR) is 106 cm³/mol. The molecule has 2 aliphatic heterocycles. The van der Waals surface area contributed by atoms with Crippen LogP contribution in [0.1, 0.15) is 38.6 Å². The van der Waals surface area contributed by atoms with Crippen LogP contribution >= 0.6 is 0 Å². The first-order valence-corrected chi connectivity index (χ1v) is 9.93. The van der Waals surface area contributed by atoms with Crippen molar-refractivity contribution in [2.24, 2.45) is 0 Å². The highest BCUT2D eigenvalue weighted by molar-refractivity contribution is 5.78. The smallest absolute Gasteiger partial charge is 0.260 e. The van der Waals surface area contributed by atoms with E-state index in [0.29, 0.717) is 6.04 Å². The fraction of sp³-hybridized carbons (Fsp3) is 0.571. The fourth-order valence-electron chi connectivity index (χ4n) is 4.30. The van der Waals surface area contributed by atoms with Gasteiger partial charge in [-0.2, -0.15) is 5.10 Å². The van der Waals surface area contributed by atoms with Crippen molar-refractivity contribution >= 4 is 5.91 Å². The van der Waals surface area contributed by atoms with Gasteiger partial charge in [-0.3, -0.25) is 9.69 Å². The molecule has 2 aliphatic rings. The van der Waals surface area contributed by atoms with Crippen LogP contribution in [0, 0.1) is 6.92 Å². The predicted octanol–water partition coefficient (Wildman–Crippen LogP) is 2.21. The third-order valence-electron chi connectivity index (χ3n) is 5.62. The molecule has 0 spiro atoms. The van der Waals surface area contributed by atoms with Gasteiger partial charge in [-0.15, -0.1) is 0 Å². The second kappa shape index (κ2) is 7.20. The van der Waals surface area contributed by atoms with Gasteiger partial charge in [0.2, 0.25) is 0 Å². The minimum Gasteiger partial charge on any atom is -0.484 e. The van der Waals surface area contributed by atoms with Crippen molar-refractivity contribution < 1.29 is 9.53 Å². The molecule has 0 N–H and O–H groups in total. The molecule has 1 aromatic heterocycles. The molecule has 28 heavy (non-hydrogen) atoms. The van der Waals surface area contributed by atoms with E-state index in [9.17, 15) is 4.79 Å². The molecular weight excluding hydrogens is 354 g/mol. The number of likely N-dealkylation sites (tertiary alicyclic amines) is 2. The number of hydrogen-bond donors (Lipinski definition) is 0. The van der Waals surface area contributed by atoms with Crippen LogP contribution in [0.25, 0.3) is 0 Å². The van der Waals surface area contributed by atoms with Gasteiger partial charge in [0.05, 0.1) is 12.1 Å². The zero-order valence-electron chi connectivity index (χ0n) is 17.1. The van der Waals surface area contributed by atoms with Crippen LogP contribution in [0.5, 0.6) is 5.75 Å². The average molecular weight is 383 g/mol. The highest BCUT2D eigenvalue weighted by atomic mass is 16.5. The van der Waals surface area contributed by atoms with Gasteiger partial charge in [-0.25, -0.2) is 9.67 Å². The molecule has 1 amide bonds. The van der Waals surface area contributed by atoms with Crippen LogP contribution in [0.15, 0.2) is 30.6 Å². The summed E-state index contributed by atoms with van der Waals surface area (Å²) in [5.41, 5.74) is 1.05. The third kappa shape index (κ3) is 3.76. The minimum absolute atomic E-state index is 0.0755. The van der Waals surface area contributed by atoms with E-state index in [-0.39, 0.29) is 24.1 Å². The summed E-state index contributed by atoms with van der Waals surface area (Å²) < 4.78 is 7.71. The summed E-state index contributed by atoms with van der Waals surface area (Å²) in [6.45, 7) is 11.0. The summed E-state index contributed by atoms with van der Waals surface area (Å²) in [7, 11) is 0. The lowest BCUT2D eigenvalue weighted by molar-refractivity contribution is -0.135. The number of rotatable bonds is 5. The molecule has 0 saturated carbocycles.